The average molecular weight is 483 g/mol. The summed E-state index contributed by atoms with van der Waals surface area (Å²) in [6, 6.07) is 9.88. The van der Waals surface area contributed by atoms with Crippen molar-refractivity contribution in [1.29, 1.82) is 0 Å². The number of Topliss-reactive ketones (excluding diaryl/α,β-unsaturated/α-hetero) is 1. The van der Waals surface area contributed by atoms with E-state index in [0.717, 1.165) is 16.5 Å². The van der Waals surface area contributed by atoms with Gasteiger partial charge in [-0.1, -0.05) is 31.2 Å². The number of halogens is 2. The Morgan fingerprint density at radius 3 is 2.65 bits per heavy atom. The number of hydrogen-bond acceptors (Lipinski definition) is 6. The fraction of sp³-hybridized carbons (Fsp3) is 0.346. The van der Waals surface area contributed by atoms with Crippen LogP contribution in [0.5, 0.6) is 0 Å². The number of aliphatic hydroxyl groups is 2. The van der Waals surface area contributed by atoms with Crippen molar-refractivity contribution in [1.82, 2.24) is 10.0 Å². The van der Waals surface area contributed by atoms with E-state index >= 15 is 4.39 Å². The van der Waals surface area contributed by atoms with Crippen LogP contribution in [0.1, 0.15) is 48.9 Å². The molecule has 0 amide bonds. The van der Waals surface area contributed by atoms with E-state index in [1.165, 1.54) is 17.8 Å². The summed E-state index contributed by atoms with van der Waals surface area (Å²) in [5.41, 5.74) is 1.33. The van der Waals surface area contributed by atoms with Gasteiger partial charge in [0.2, 0.25) is 5.78 Å². The molecule has 5 nitrogen and oxygen atoms in total. The molecule has 0 radical (unpaired) electrons. The molecule has 0 bridgehead atoms. The number of carbonyl (C=O) groups excluding carboxylic acids is 1. The number of rotatable bonds is 2. The van der Waals surface area contributed by atoms with Gasteiger partial charge >= 0.3 is 0 Å². The molecule has 0 aromatic heterocycles. The van der Waals surface area contributed by atoms with E-state index in [1.54, 1.807) is 17.3 Å². The van der Waals surface area contributed by atoms with Crippen LogP contribution in [0.2, 0.25) is 0 Å². The van der Waals surface area contributed by atoms with Crippen molar-refractivity contribution in [3.05, 3.63) is 88.5 Å². The number of carbonyl (C=O) groups is 1. The summed E-state index contributed by atoms with van der Waals surface area (Å²) in [5.74, 6) is -2.00. The van der Waals surface area contributed by atoms with Gasteiger partial charge in [0, 0.05) is 33.9 Å². The van der Waals surface area contributed by atoms with Crippen molar-refractivity contribution >= 4 is 17.5 Å². The molecule has 34 heavy (non-hydrogen) atoms. The summed E-state index contributed by atoms with van der Waals surface area (Å²) >= 11 is 1.46. The average Bonchev–Trinajstić information content (AvgIpc) is 3.64. The summed E-state index contributed by atoms with van der Waals surface area (Å²) in [7, 11) is 0. The van der Waals surface area contributed by atoms with Gasteiger partial charge in [0.15, 0.2) is 11.6 Å². The highest BCUT2D eigenvalue weighted by molar-refractivity contribution is 7.98. The summed E-state index contributed by atoms with van der Waals surface area (Å²) in [4.78, 5) is 14.0. The van der Waals surface area contributed by atoms with Crippen LogP contribution in [-0.2, 0) is 10.5 Å². The number of nitrogens with zero attached hydrogens (tertiary/aromatic N) is 2. The molecule has 1 saturated carbocycles. The molecule has 3 unspecified atom stereocenters. The number of fused-ring (bicyclic) bond motifs is 3. The van der Waals surface area contributed by atoms with E-state index < -0.39 is 35.0 Å². The molecule has 8 heteroatoms. The highest BCUT2D eigenvalue weighted by atomic mass is 32.2. The van der Waals surface area contributed by atoms with Gasteiger partial charge in [-0.2, -0.15) is 0 Å². The molecular formula is C26H24F2N2O3S. The lowest BCUT2D eigenvalue weighted by atomic mass is 9.83. The molecule has 176 valence electrons. The largest absolute Gasteiger partial charge is 0.509 e. The third kappa shape index (κ3) is 2.88. The zero-order valence-corrected chi connectivity index (χ0v) is 19.4. The second-order valence-electron chi connectivity index (χ2n) is 9.31. The summed E-state index contributed by atoms with van der Waals surface area (Å²) < 4.78 is 29.4. The lowest BCUT2D eigenvalue weighted by Crippen LogP contribution is -2.58. The van der Waals surface area contributed by atoms with Crippen molar-refractivity contribution < 1.29 is 23.8 Å². The van der Waals surface area contributed by atoms with E-state index in [1.807, 2.05) is 36.2 Å². The minimum atomic E-state index is -1.33. The second-order valence-corrected chi connectivity index (χ2v) is 10.3. The predicted molar refractivity (Wildman–Crippen MR) is 123 cm³/mol. The fourth-order valence-electron chi connectivity index (χ4n) is 5.83. The number of hydrogen-bond donors (Lipinski definition) is 2. The second kappa shape index (κ2) is 7.66. The zero-order chi connectivity index (χ0) is 23.8. The molecular weight excluding hydrogens is 458 g/mol. The van der Waals surface area contributed by atoms with Crippen LogP contribution in [0.25, 0.3) is 0 Å². The Bertz CT molecular complexity index is 1270. The van der Waals surface area contributed by atoms with Crippen LogP contribution in [0, 0.1) is 17.0 Å². The van der Waals surface area contributed by atoms with E-state index in [-0.39, 0.29) is 23.3 Å². The molecule has 4 aliphatic rings. The van der Waals surface area contributed by atoms with E-state index in [2.05, 4.69) is 0 Å². The minimum absolute atomic E-state index is 0.0193. The summed E-state index contributed by atoms with van der Waals surface area (Å²) in [5, 5.41) is 25.2. The summed E-state index contributed by atoms with van der Waals surface area (Å²) in [6.45, 7) is 2.03. The van der Waals surface area contributed by atoms with Gasteiger partial charge in [-0.3, -0.25) is 9.80 Å². The molecule has 2 N–H and O–H groups in total. The van der Waals surface area contributed by atoms with Crippen LogP contribution in [-0.4, -0.2) is 38.2 Å². The van der Waals surface area contributed by atoms with Gasteiger partial charge in [0.05, 0.1) is 6.04 Å². The molecule has 2 aromatic rings. The minimum Gasteiger partial charge on any atom is -0.509 e. The molecule has 3 aliphatic heterocycles. The van der Waals surface area contributed by atoms with Gasteiger partial charge in [-0.15, -0.1) is 11.8 Å². The number of ketones is 1. The highest BCUT2D eigenvalue weighted by Gasteiger charge is 2.62. The van der Waals surface area contributed by atoms with Gasteiger partial charge in [0.1, 0.15) is 17.6 Å². The van der Waals surface area contributed by atoms with Crippen LogP contribution in [0.3, 0.4) is 0 Å². The van der Waals surface area contributed by atoms with Crippen LogP contribution in [0.4, 0.5) is 8.78 Å². The van der Waals surface area contributed by atoms with Gasteiger partial charge in [0.25, 0.3) is 0 Å². The van der Waals surface area contributed by atoms with Gasteiger partial charge in [-0.05, 0) is 48.6 Å². The van der Waals surface area contributed by atoms with Crippen molar-refractivity contribution in [2.24, 2.45) is 5.41 Å². The van der Waals surface area contributed by atoms with Crippen molar-refractivity contribution in [2.45, 2.75) is 55.0 Å². The topological polar surface area (TPSA) is 64.0 Å². The maximum Gasteiger partial charge on any atom is 0.216 e. The first kappa shape index (κ1) is 21.8. The number of thioether (sulfide) groups is 1. The smallest absolute Gasteiger partial charge is 0.216 e. The number of benzene rings is 2. The first-order chi connectivity index (χ1) is 16.4. The lowest BCUT2D eigenvalue weighted by Gasteiger charge is -2.52. The Morgan fingerprint density at radius 1 is 1.15 bits per heavy atom. The Morgan fingerprint density at radius 2 is 1.91 bits per heavy atom. The van der Waals surface area contributed by atoms with Gasteiger partial charge in [-0.25, -0.2) is 13.8 Å². The van der Waals surface area contributed by atoms with Crippen LogP contribution >= 0.6 is 11.8 Å². The number of hydrazine groups is 1. The standard InChI is InChI=1S/C26H24F2N2O3S/c1-2-20-26(10-11-26)25(33)23-24(32)18(31)9-12-29(23)30(20)22-14-7-8-17(27)21(28)16(14)13-34-19-6-4-3-5-15(19)22/h3-9,12,18,20,22,31,33H,2,10-11,13H2,1H3. The van der Waals surface area contributed by atoms with Crippen molar-refractivity contribution in [3.8, 4) is 0 Å². The van der Waals surface area contributed by atoms with E-state index in [4.69, 9.17) is 0 Å². The first-order valence-electron chi connectivity index (χ1n) is 11.5. The molecule has 1 aliphatic carbocycles. The number of aliphatic hydroxyl groups excluding tert-OH is 2. The Hall–Kier alpha value is -2.68. The van der Waals surface area contributed by atoms with Crippen molar-refractivity contribution in [2.75, 3.05) is 0 Å². The van der Waals surface area contributed by atoms with E-state index in [9.17, 15) is 19.4 Å². The Balaban J connectivity index is 1.64. The zero-order valence-electron chi connectivity index (χ0n) is 18.5. The first-order valence-corrected chi connectivity index (χ1v) is 12.5. The van der Waals surface area contributed by atoms with Crippen molar-refractivity contribution in [3.63, 3.8) is 0 Å². The van der Waals surface area contributed by atoms with Crippen LogP contribution in [0.15, 0.2) is 65.0 Å². The molecule has 1 fully saturated rings. The molecule has 2 aromatic carbocycles. The molecule has 0 saturated heterocycles. The normalized spacial score (nSPS) is 27.4. The third-order valence-corrected chi connectivity index (χ3v) is 8.71. The quantitative estimate of drug-likeness (QED) is 0.630. The molecule has 3 heterocycles. The maximum atomic E-state index is 15.1. The highest BCUT2D eigenvalue weighted by Crippen LogP contribution is 2.62. The van der Waals surface area contributed by atoms with E-state index in [0.29, 0.717) is 30.4 Å². The molecule has 6 rings (SSSR count). The Kier molecular flexibility index (Phi) is 4.92. The molecule has 1 spiro atoms. The lowest BCUT2D eigenvalue weighted by molar-refractivity contribution is -0.134. The Labute approximate surface area is 200 Å². The van der Waals surface area contributed by atoms with Gasteiger partial charge < -0.3 is 10.2 Å². The molecule has 3 atom stereocenters. The SMILES string of the molecule is CCC1N(C2c3ccccc3SCc3c2ccc(F)c3F)N2C=CC(O)C(=O)C2=C(O)C12CC2. The fourth-order valence-corrected chi connectivity index (χ4v) is 6.94. The summed E-state index contributed by atoms with van der Waals surface area (Å²) in [6.07, 6.45) is 3.77. The third-order valence-electron chi connectivity index (χ3n) is 7.60. The predicted octanol–water partition coefficient (Wildman–Crippen LogP) is 4.98. The van der Waals surface area contributed by atoms with Crippen LogP contribution < -0.4 is 0 Å². The maximum absolute atomic E-state index is 15.1. The monoisotopic (exact) mass is 482 g/mol.